The summed E-state index contributed by atoms with van der Waals surface area (Å²) >= 11 is 0. The van der Waals surface area contributed by atoms with Crippen LogP contribution in [-0.4, -0.2) is 17.1 Å². The number of para-hydroxylation sites is 1. The molecule has 0 spiro atoms. The zero-order chi connectivity index (χ0) is 12.3. The molecule has 2 unspecified atom stereocenters. The predicted molar refractivity (Wildman–Crippen MR) is 71.7 cm³/mol. The van der Waals surface area contributed by atoms with Gasteiger partial charge in [0.05, 0.1) is 5.52 Å². The van der Waals surface area contributed by atoms with Crippen LogP contribution < -0.4 is 11.1 Å². The lowest BCUT2D eigenvalue weighted by Gasteiger charge is -2.17. The number of rotatable bonds is 4. The second kappa shape index (κ2) is 5.25. The Kier molecular flexibility index (Phi) is 3.71. The van der Waals surface area contributed by atoms with Crippen molar-refractivity contribution in [2.24, 2.45) is 5.73 Å². The van der Waals surface area contributed by atoms with E-state index in [1.807, 2.05) is 19.2 Å². The van der Waals surface area contributed by atoms with Crippen LogP contribution in [-0.2, 0) is 6.54 Å². The highest BCUT2D eigenvalue weighted by Gasteiger charge is 2.07. The van der Waals surface area contributed by atoms with E-state index < -0.39 is 0 Å². The maximum absolute atomic E-state index is 5.83. The van der Waals surface area contributed by atoms with E-state index in [1.165, 1.54) is 10.9 Å². The zero-order valence-corrected chi connectivity index (χ0v) is 10.4. The summed E-state index contributed by atoms with van der Waals surface area (Å²) in [6.45, 7) is 4.92. The van der Waals surface area contributed by atoms with E-state index in [4.69, 9.17) is 5.73 Å². The van der Waals surface area contributed by atoms with Crippen molar-refractivity contribution in [2.45, 2.75) is 32.5 Å². The number of nitrogens with zero attached hydrogens (tertiary/aromatic N) is 1. The van der Waals surface area contributed by atoms with Crippen molar-refractivity contribution in [3.05, 3.63) is 42.1 Å². The maximum atomic E-state index is 5.83. The van der Waals surface area contributed by atoms with Crippen LogP contribution in [0.25, 0.3) is 10.9 Å². The predicted octanol–water partition coefficient (Wildman–Crippen LogP) is 2.06. The number of nitrogens with one attached hydrogen (secondary N) is 1. The summed E-state index contributed by atoms with van der Waals surface area (Å²) in [4.78, 5) is 4.43. The van der Waals surface area contributed by atoms with E-state index in [1.54, 1.807) is 0 Å². The molecule has 3 nitrogen and oxygen atoms in total. The number of fused-ring (bicyclic) bond motifs is 1. The number of aromatic nitrogens is 1. The molecule has 0 aliphatic rings. The van der Waals surface area contributed by atoms with Crippen LogP contribution in [0, 0.1) is 0 Å². The van der Waals surface area contributed by atoms with Crippen molar-refractivity contribution in [3.63, 3.8) is 0 Å². The maximum Gasteiger partial charge on any atom is 0.0746 e. The Labute approximate surface area is 102 Å². The van der Waals surface area contributed by atoms with Gasteiger partial charge in [-0.25, -0.2) is 0 Å². The molecule has 17 heavy (non-hydrogen) atoms. The molecule has 2 aromatic rings. The molecule has 1 aromatic heterocycles. The van der Waals surface area contributed by atoms with Crippen molar-refractivity contribution < 1.29 is 0 Å². The lowest BCUT2D eigenvalue weighted by Crippen LogP contribution is -2.40. The van der Waals surface area contributed by atoms with Gasteiger partial charge in [-0.2, -0.15) is 0 Å². The van der Waals surface area contributed by atoms with E-state index in [2.05, 4.69) is 41.5 Å². The standard InChI is InChI=1S/C14H19N3/c1-10(15)11(2)17-9-13-6-3-5-12-7-4-8-16-14(12)13/h3-8,10-11,17H,9,15H2,1-2H3. The van der Waals surface area contributed by atoms with E-state index in [9.17, 15) is 0 Å². The summed E-state index contributed by atoms with van der Waals surface area (Å²) in [5.74, 6) is 0. The van der Waals surface area contributed by atoms with Gasteiger partial charge >= 0.3 is 0 Å². The summed E-state index contributed by atoms with van der Waals surface area (Å²) in [7, 11) is 0. The third-order valence-corrected chi connectivity index (χ3v) is 3.12. The number of benzene rings is 1. The molecule has 0 fully saturated rings. The molecule has 0 bridgehead atoms. The fourth-order valence-electron chi connectivity index (χ4n) is 1.77. The van der Waals surface area contributed by atoms with E-state index in [0.717, 1.165) is 12.1 Å². The van der Waals surface area contributed by atoms with Gasteiger partial charge in [0.2, 0.25) is 0 Å². The third kappa shape index (κ3) is 2.81. The number of pyridine rings is 1. The summed E-state index contributed by atoms with van der Waals surface area (Å²) in [6, 6.07) is 10.8. The SMILES string of the molecule is CC(N)C(C)NCc1cccc2cccnc12. The molecule has 0 aliphatic carbocycles. The van der Waals surface area contributed by atoms with Crippen molar-refractivity contribution in [1.29, 1.82) is 0 Å². The monoisotopic (exact) mass is 229 g/mol. The van der Waals surface area contributed by atoms with Gasteiger partial charge in [-0.3, -0.25) is 4.98 Å². The van der Waals surface area contributed by atoms with Crippen LogP contribution in [0.5, 0.6) is 0 Å². The van der Waals surface area contributed by atoms with Crippen LogP contribution in [0.15, 0.2) is 36.5 Å². The molecule has 1 heterocycles. The van der Waals surface area contributed by atoms with E-state index in [-0.39, 0.29) is 6.04 Å². The molecule has 3 N–H and O–H groups in total. The smallest absolute Gasteiger partial charge is 0.0746 e. The topological polar surface area (TPSA) is 50.9 Å². The van der Waals surface area contributed by atoms with Crippen molar-refractivity contribution in [2.75, 3.05) is 0 Å². The van der Waals surface area contributed by atoms with Crippen LogP contribution in [0.1, 0.15) is 19.4 Å². The van der Waals surface area contributed by atoms with Crippen molar-refractivity contribution in [1.82, 2.24) is 10.3 Å². The fourth-order valence-corrected chi connectivity index (χ4v) is 1.77. The molecule has 0 amide bonds. The Bertz CT molecular complexity index is 488. The average Bonchev–Trinajstić information content (AvgIpc) is 2.35. The minimum atomic E-state index is 0.151. The van der Waals surface area contributed by atoms with Gasteiger partial charge < -0.3 is 11.1 Å². The molecule has 1 aromatic carbocycles. The lowest BCUT2D eigenvalue weighted by atomic mass is 10.1. The van der Waals surface area contributed by atoms with Gasteiger partial charge in [0.25, 0.3) is 0 Å². The Hall–Kier alpha value is -1.45. The Morgan fingerprint density at radius 3 is 2.76 bits per heavy atom. The molecular formula is C14H19N3. The largest absolute Gasteiger partial charge is 0.327 e. The number of nitrogens with two attached hydrogens (primary N) is 1. The van der Waals surface area contributed by atoms with Gasteiger partial charge in [0, 0.05) is 30.2 Å². The molecule has 0 saturated heterocycles. The summed E-state index contributed by atoms with van der Waals surface area (Å²) < 4.78 is 0. The minimum absolute atomic E-state index is 0.151. The molecule has 3 heteroatoms. The van der Waals surface area contributed by atoms with Gasteiger partial charge in [0.1, 0.15) is 0 Å². The lowest BCUT2D eigenvalue weighted by molar-refractivity contribution is 0.478. The Morgan fingerprint density at radius 2 is 2.00 bits per heavy atom. The first-order valence-corrected chi connectivity index (χ1v) is 6.00. The second-order valence-electron chi connectivity index (χ2n) is 4.52. The molecule has 2 atom stereocenters. The highest BCUT2D eigenvalue weighted by molar-refractivity contribution is 5.81. The van der Waals surface area contributed by atoms with Gasteiger partial charge in [0.15, 0.2) is 0 Å². The highest BCUT2D eigenvalue weighted by atomic mass is 14.9. The molecule has 90 valence electrons. The normalized spacial score (nSPS) is 14.8. The summed E-state index contributed by atoms with van der Waals surface area (Å²) in [5.41, 5.74) is 8.12. The van der Waals surface area contributed by atoms with E-state index in [0.29, 0.717) is 6.04 Å². The minimum Gasteiger partial charge on any atom is -0.327 e. The first kappa shape index (κ1) is 12.0. The van der Waals surface area contributed by atoms with Crippen LogP contribution >= 0.6 is 0 Å². The quantitative estimate of drug-likeness (QED) is 0.843. The van der Waals surface area contributed by atoms with Gasteiger partial charge in [-0.05, 0) is 25.5 Å². The Balaban J connectivity index is 2.19. The first-order valence-electron chi connectivity index (χ1n) is 6.00. The number of hydrogen-bond donors (Lipinski definition) is 2. The summed E-state index contributed by atoms with van der Waals surface area (Å²) in [6.07, 6.45) is 1.83. The molecule has 0 aliphatic heterocycles. The first-order chi connectivity index (χ1) is 8.18. The van der Waals surface area contributed by atoms with Crippen LogP contribution in [0.3, 0.4) is 0 Å². The second-order valence-corrected chi connectivity index (χ2v) is 4.52. The zero-order valence-electron chi connectivity index (χ0n) is 10.4. The molecule has 0 radical (unpaired) electrons. The van der Waals surface area contributed by atoms with Gasteiger partial charge in [-0.15, -0.1) is 0 Å². The molecular weight excluding hydrogens is 210 g/mol. The third-order valence-electron chi connectivity index (χ3n) is 3.12. The number of hydrogen-bond acceptors (Lipinski definition) is 3. The molecule has 2 rings (SSSR count). The van der Waals surface area contributed by atoms with Crippen LogP contribution in [0.4, 0.5) is 0 Å². The summed E-state index contributed by atoms with van der Waals surface area (Å²) in [5, 5.41) is 4.61. The van der Waals surface area contributed by atoms with Crippen molar-refractivity contribution >= 4 is 10.9 Å². The van der Waals surface area contributed by atoms with Crippen molar-refractivity contribution in [3.8, 4) is 0 Å². The van der Waals surface area contributed by atoms with Crippen LogP contribution in [0.2, 0.25) is 0 Å². The molecule has 0 saturated carbocycles. The highest BCUT2D eigenvalue weighted by Crippen LogP contribution is 2.15. The average molecular weight is 229 g/mol. The fraction of sp³-hybridized carbons (Fsp3) is 0.357. The van der Waals surface area contributed by atoms with E-state index >= 15 is 0 Å². The van der Waals surface area contributed by atoms with Gasteiger partial charge in [-0.1, -0.05) is 24.3 Å². The Morgan fingerprint density at radius 1 is 1.24 bits per heavy atom.